The number of aromatic nitrogens is 2. The number of carbonyl (C=O) groups excluding carboxylic acids is 1. The quantitative estimate of drug-likeness (QED) is 0.412. The number of nitro groups is 1. The molecule has 1 aliphatic rings. The maximum Gasteiger partial charge on any atom is 0.274 e. The van der Waals surface area contributed by atoms with Gasteiger partial charge in [0.25, 0.3) is 11.6 Å². The van der Waals surface area contributed by atoms with E-state index in [9.17, 15) is 19.3 Å². The van der Waals surface area contributed by atoms with Crippen LogP contribution in [0, 0.1) is 22.9 Å². The first-order valence-corrected chi connectivity index (χ1v) is 10.1. The summed E-state index contributed by atoms with van der Waals surface area (Å²) in [6.45, 7) is 3.38. The monoisotopic (exact) mass is 456 g/mol. The fourth-order valence-electron chi connectivity index (χ4n) is 3.41. The van der Waals surface area contributed by atoms with Crippen LogP contribution in [0.4, 0.5) is 10.1 Å². The van der Waals surface area contributed by atoms with E-state index in [2.05, 4.69) is 5.10 Å². The second-order valence-corrected chi connectivity index (χ2v) is 7.27. The van der Waals surface area contributed by atoms with Crippen LogP contribution in [0.15, 0.2) is 42.5 Å². The van der Waals surface area contributed by atoms with E-state index >= 15 is 0 Å². The topological polar surface area (TPSA) is 109 Å². The Hall–Kier alpha value is -3.99. The highest BCUT2D eigenvalue weighted by atomic mass is 19.1. The Bertz CT molecular complexity index is 1190. The molecule has 0 aliphatic carbocycles. The molecule has 33 heavy (non-hydrogen) atoms. The third-order valence-corrected chi connectivity index (χ3v) is 5.22. The number of hydrogen-bond acceptors (Lipinski definition) is 7. The summed E-state index contributed by atoms with van der Waals surface area (Å²) < 4.78 is 32.3. The highest BCUT2D eigenvalue weighted by molar-refractivity contribution is 5.94. The number of nitrogens with zero attached hydrogens (tertiary/aromatic N) is 4. The minimum atomic E-state index is -0.910. The van der Waals surface area contributed by atoms with Crippen molar-refractivity contribution in [3.05, 3.63) is 69.7 Å². The van der Waals surface area contributed by atoms with E-state index in [1.54, 1.807) is 36.1 Å². The molecule has 0 unspecified atom stereocenters. The molecule has 1 amide bonds. The molecule has 0 saturated carbocycles. The Morgan fingerprint density at radius 3 is 2.48 bits per heavy atom. The fourth-order valence-corrected chi connectivity index (χ4v) is 3.41. The second-order valence-electron chi connectivity index (χ2n) is 7.27. The summed E-state index contributed by atoms with van der Waals surface area (Å²) in [6, 6.07) is 9.95. The number of morpholine rings is 1. The highest BCUT2D eigenvalue weighted by Crippen LogP contribution is 2.33. The van der Waals surface area contributed by atoms with E-state index in [1.165, 1.54) is 17.9 Å². The molecule has 3 aromatic rings. The molecule has 2 aromatic carbocycles. The number of halogens is 1. The largest absolute Gasteiger partial charge is 0.497 e. The van der Waals surface area contributed by atoms with Gasteiger partial charge in [-0.05, 0) is 37.3 Å². The van der Waals surface area contributed by atoms with Gasteiger partial charge in [-0.15, -0.1) is 0 Å². The zero-order valence-corrected chi connectivity index (χ0v) is 18.0. The van der Waals surface area contributed by atoms with Crippen LogP contribution in [0.1, 0.15) is 16.1 Å². The molecule has 1 saturated heterocycles. The molecule has 1 aromatic heterocycles. The number of benzene rings is 2. The standard InChI is InChI=1S/C22H21FN4O6/c1-14-20(21(28)25-9-11-32-12-10-25)24-26(15-3-6-17(31-2)7-4-15)22(14)33-19-8-5-16(27(29)30)13-18(19)23/h3-8,13H,9-12H2,1-2H3. The lowest BCUT2D eigenvalue weighted by Gasteiger charge is -2.26. The van der Waals surface area contributed by atoms with E-state index in [0.29, 0.717) is 43.3 Å². The number of non-ortho nitro benzene ring substituents is 1. The predicted molar refractivity (Wildman–Crippen MR) is 115 cm³/mol. The lowest BCUT2D eigenvalue weighted by Crippen LogP contribution is -2.41. The Morgan fingerprint density at radius 1 is 1.18 bits per heavy atom. The Kier molecular flexibility index (Phi) is 6.22. The molecule has 11 heteroatoms. The molecule has 10 nitrogen and oxygen atoms in total. The van der Waals surface area contributed by atoms with Crippen LogP contribution in [0.5, 0.6) is 17.4 Å². The third-order valence-electron chi connectivity index (χ3n) is 5.22. The van der Waals surface area contributed by atoms with Crippen LogP contribution in [0.25, 0.3) is 5.69 Å². The number of carbonyl (C=O) groups is 1. The minimum absolute atomic E-state index is 0.115. The van der Waals surface area contributed by atoms with E-state index < -0.39 is 16.4 Å². The minimum Gasteiger partial charge on any atom is -0.497 e. The summed E-state index contributed by atoms with van der Waals surface area (Å²) >= 11 is 0. The molecule has 2 heterocycles. The third kappa shape index (κ3) is 4.48. The molecule has 0 atom stereocenters. The van der Waals surface area contributed by atoms with Crippen molar-refractivity contribution in [2.75, 3.05) is 33.4 Å². The Balaban J connectivity index is 1.77. The number of amides is 1. The first kappa shape index (κ1) is 22.2. The molecule has 0 radical (unpaired) electrons. The molecular formula is C22H21FN4O6. The molecule has 1 fully saturated rings. The highest BCUT2D eigenvalue weighted by Gasteiger charge is 2.28. The van der Waals surface area contributed by atoms with Crippen molar-refractivity contribution < 1.29 is 28.3 Å². The fraction of sp³-hybridized carbons (Fsp3) is 0.273. The van der Waals surface area contributed by atoms with Gasteiger partial charge in [0.05, 0.1) is 37.0 Å². The first-order valence-electron chi connectivity index (χ1n) is 10.1. The van der Waals surface area contributed by atoms with Gasteiger partial charge in [0, 0.05) is 24.7 Å². The van der Waals surface area contributed by atoms with Crippen LogP contribution < -0.4 is 9.47 Å². The summed E-state index contributed by atoms with van der Waals surface area (Å²) in [7, 11) is 1.54. The lowest BCUT2D eigenvalue weighted by atomic mass is 10.2. The Morgan fingerprint density at radius 2 is 1.88 bits per heavy atom. The zero-order valence-electron chi connectivity index (χ0n) is 18.0. The first-order chi connectivity index (χ1) is 15.9. The summed E-state index contributed by atoms with van der Waals surface area (Å²) in [5.74, 6) is -0.700. The van der Waals surface area contributed by atoms with E-state index in [1.807, 2.05) is 0 Å². The number of hydrogen-bond donors (Lipinski definition) is 0. The molecule has 1 aliphatic heterocycles. The maximum atomic E-state index is 14.6. The van der Waals surface area contributed by atoms with Crippen LogP contribution in [0.2, 0.25) is 0 Å². The maximum absolute atomic E-state index is 14.6. The van der Waals surface area contributed by atoms with Gasteiger partial charge < -0.3 is 19.1 Å². The van der Waals surface area contributed by atoms with Crippen molar-refractivity contribution in [3.63, 3.8) is 0 Å². The summed E-state index contributed by atoms with van der Waals surface area (Å²) in [5, 5.41) is 15.4. The number of rotatable bonds is 6. The number of methoxy groups -OCH3 is 1. The van der Waals surface area contributed by atoms with Gasteiger partial charge in [-0.3, -0.25) is 14.9 Å². The van der Waals surface area contributed by atoms with Crippen molar-refractivity contribution in [3.8, 4) is 23.1 Å². The molecule has 0 bridgehead atoms. The van der Waals surface area contributed by atoms with Crippen molar-refractivity contribution in [1.29, 1.82) is 0 Å². The van der Waals surface area contributed by atoms with Crippen LogP contribution in [-0.4, -0.2) is 58.9 Å². The molecule has 0 spiro atoms. The van der Waals surface area contributed by atoms with Gasteiger partial charge in [-0.1, -0.05) is 0 Å². The number of nitro benzene ring substituents is 1. The predicted octanol–water partition coefficient (Wildman–Crippen LogP) is 3.50. The smallest absolute Gasteiger partial charge is 0.274 e. The van der Waals surface area contributed by atoms with Crippen LogP contribution in [0.3, 0.4) is 0 Å². The average Bonchev–Trinajstić information content (AvgIpc) is 3.16. The normalized spacial score (nSPS) is 13.6. The van der Waals surface area contributed by atoms with E-state index in [0.717, 1.165) is 12.1 Å². The number of ether oxygens (including phenoxy) is 3. The Labute approximate surface area is 188 Å². The summed E-state index contributed by atoms with van der Waals surface area (Å²) in [5.41, 5.74) is 0.714. The van der Waals surface area contributed by atoms with Crippen molar-refractivity contribution >= 4 is 11.6 Å². The molecular weight excluding hydrogens is 435 g/mol. The van der Waals surface area contributed by atoms with Crippen molar-refractivity contribution in [1.82, 2.24) is 14.7 Å². The average molecular weight is 456 g/mol. The molecule has 172 valence electrons. The van der Waals surface area contributed by atoms with Gasteiger partial charge in [-0.25, -0.2) is 4.39 Å². The van der Waals surface area contributed by atoms with Gasteiger partial charge in [0.2, 0.25) is 5.88 Å². The van der Waals surface area contributed by atoms with Crippen LogP contribution in [-0.2, 0) is 4.74 Å². The van der Waals surface area contributed by atoms with Gasteiger partial charge in [0.1, 0.15) is 5.75 Å². The van der Waals surface area contributed by atoms with Gasteiger partial charge in [-0.2, -0.15) is 9.78 Å². The van der Waals surface area contributed by atoms with Crippen LogP contribution >= 0.6 is 0 Å². The van der Waals surface area contributed by atoms with Gasteiger partial charge in [0.15, 0.2) is 17.3 Å². The second kappa shape index (κ2) is 9.25. The molecule has 4 rings (SSSR count). The van der Waals surface area contributed by atoms with Gasteiger partial charge >= 0.3 is 0 Å². The van der Waals surface area contributed by atoms with E-state index in [4.69, 9.17) is 14.2 Å². The lowest BCUT2D eigenvalue weighted by molar-refractivity contribution is -0.385. The summed E-state index contributed by atoms with van der Waals surface area (Å²) in [4.78, 5) is 25.0. The van der Waals surface area contributed by atoms with E-state index in [-0.39, 0.29) is 23.2 Å². The summed E-state index contributed by atoms with van der Waals surface area (Å²) in [6.07, 6.45) is 0. The van der Waals surface area contributed by atoms with Crippen molar-refractivity contribution in [2.45, 2.75) is 6.92 Å². The van der Waals surface area contributed by atoms with Crippen molar-refractivity contribution in [2.24, 2.45) is 0 Å². The molecule has 0 N–H and O–H groups in total. The zero-order chi connectivity index (χ0) is 23.5. The SMILES string of the molecule is COc1ccc(-n2nc(C(=O)N3CCOCC3)c(C)c2Oc2ccc([N+](=O)[O-])cc2F)cc1.